The number of anilines is 1. The van der Waals surface area contributed by atoms with Crippen molar-refractivity contribution in [3.05, 3.63) is 54.5 Å². The van der Waals surface area contributed by atoms with Crippen molar-refractivity contribution in [2.24, 2.45) is 0 Å². The predicted molar refractivity (Wildman–Crippen MR) is 89.8 cm³/mol. The molecule has 1 aromatic carbocycles. The lowest BCUT2D eigenvalue weighted by Crippen LogP contribution is -2.40. The number of amides is 2. The third-order valence-electron chi connectivity index (χ3n) is 3.83. The van der Waals surface area contributed by atoms with Crippen molar-refractivity contribution in [1.29, 1.82) is 0 Å². The van der Waals surface area contributed by atoms with Crippen LogP contribution in [0.4, 0.5) is 18.9 Å². The summed E-state index contributed by atoms with van der Waals surface area (Å²) in [5, 5.41) is 2.57. The van der Waals surface area contributed by atoms with Crippen LogP contribution in [-0.4, -0.2) is 30.8 Å². The Labute approximate surface area is 152 Å². The topological polar surface area (TPSA) is 71.8 Å². The van der Waals surface area contributed by atoms with Gasteiger partial charge in [0.25, 0.3) is 0 Å². The molecule has 1 aliphatic heterocycles. The van der Waals surface area contributed by atoms with Crippen LogP contribution in [0, 0.1) is 0 Å². The minimum atomic E-state index is -4.82. The van der Waals surface area contributed by atoms with Crippen LogP contribution < -0.4 is 15.0 Å². The monoisotopic (exact) mass is 380 g/mol. The quantitative estimate of drug-likeness (QED) is 0.809. The molecule has 1 N–H and O–H groups in total. The maximum absolute atomic E-state index is 12.5. The highest BCUT2D eigenvalue weighted by molar-refractivity contribution is 6.03. The summed E-state index contributed by atoms with van der Waals surface area (Å²) in [6.45, 7) is 0.265. The van der Waals surface area contributed by atoms with Crippen LogP contribution in [0.15, 0.2) is 53.2 Å². The van der Waals surface area contributed by atoms with Gasteiger partial charge >= 0.3 is 6.36 Å². The fraction of sp³-hybridized carbons (Fsp3) is 0.222. The Morgan fingerprint density at radius 2 is 2.11 bits per heavy atom. The number of hydrogen-bond donors (Lipinski definition) is 1. The van der Waals surface area contributed by atoms with Gasteiger partial charge in [0, 0.05) is 24.4 Å². The molecule has 1 aliphatic rings. The Kier molecular flexibility index (Phi) is 5.20. The van der Waals surface area contributed by atoms with Crippen molar-refractivity contribution >= 4 is 23.6 Å². The number of carbonyl (C=O) groups is 2. The molecule has 1 fully saturated rings. The smallest absolute Gasteiger partial charge is 0.465 e. The summed E-state index contributed by atoms with van der Waals surface area (Å²) in [5.74, 6) is -0.799. The molecule has 142 valence electrons. The molecule has 2 amide bonds. The van der Waals surface area contributed by atoms with Crippen LogP contribution in [0.1, 0.15) is 12.2 Å². The molecule has 6 nitrogen and oxygen atoms in total. The number of nitrogens with zero attached hydrogens (tertiary/aromatic N) is 1. The highest BCUT2D eigenvalue weighted by Crippen LogP contribution is 2.29. The molecule has 0 spiro atoms. The molecule has 0 bridgehead atoms. The molecule has 0 aliphatic carbocycles. The van der Waals surface area contributed by atoms with Gasteiger partial charge in [-0.2, -0.15) is 0 Å². The average molecular weight is 380 g/mol. The summed E-state index contributed by atoms with van der Waals surface area (Å²) in [6, 6.07) is 7.73. The van der Waals surface area contributed by atoms with E-state index in [2.05, 4.69) is 10.1 Å². The summed E-state index contributed by atoms with van der Waals surface area (Å²) < 4.78 is 46.0. The van der Waals surface area contributed by atoms with Crippen LogP contribution in [-0.2, 0) is 9.59 Å². The molecule has 3 rings (SSSR count). The lowest BCUT2D eigenvalue weighted by molar-refractivity contribution is -0.274. The van der Waals surface area contributed by atoms with Crippen molar-refractivity contribution in [2.75, 3.05) is 11.4 Å². The van der Waals surface area contributed by atoms with Gasteiger partial charge in [-0.05, 0) is 36.8 Å². The number of nitrogens with one attached hydrogen (secondary N) is 1. The first-order chi connectivity index (χ1) is 12.8. The number of carbonyl (C=O) groups excluding carboxylic acids is 2. The molecular formula is C18H15F3N2O4. The number of benzene rings is 1. The summed E-state index contributed by atoms with van der Waals surface area (Å²) in [4.78, 5) is 25.7. The zero-order valence-corrected chi connectivity index (χ0v) is 13.9. The Balaban J connectivity index is 1.63. The van der Waals surface area contributed by atoms with E-state index in [0.717, 1.165) is 12.1 Å². The third kappa shape index (κ3) is 4.90. The second-order valence-corrected chi connectivity index (χ2v) is 5.73. The van der Waals surface area contributed by atoms with Gasteiger partial charge < -0.3 is 19.4 Å². The molecule has 0 radical (unpaired) electrons. The van der Waals surface area contributed by atoms with E-state index in [1.807, 2.05) is 0 Å². The highest BCUT2D eigenvalue weighted by atomic mass is 19.4. The van der Waals surface area contributed by atoms with E-state index >= 15 is 0 Å². The zero-order valence-electron chi connectivity index (χ0n) is 13.9. The fourth-order valence-corrected chi connectivity index (χ4v) is 2.68. The number of furan rings is 1. The van der Waals surface area contributed by atoms with Crippen LogP contribution in [0.2, 0.25) is 0 Å². The standard InChI is InChI=1S/C18H15F3N2O4/c19-18(20,21)27-14-4-1-3-12(11-14)23-9-8-15(17(23)25)22-16(24)7-6-13-5-2-10-26-13/h1-7,10-11,15H,8-9H2,(H,22,24)/b7-6+/t15-/m1/s1. The minimum Gasteiger partial charge on any atom is -0.465 e. The normalized spacial score (nSPS) is 17.5. The first kappa shape index (κ1) is 18.6. The molecular weight excluding hydrogens is 365 g/mol. The second kappa shape index (κ2) is 7.56. The number of ether oxygens (including phenoxy) is 1. The molecule has 0 unspecified atom stereocenters. The third-order valence-corrected chi connectivity index (χ3v) is 3.83. The Hall–Kier alpha value is -3.23. The van der Waals surface area contributed by atoms with E-state index in [9.17, 15) is 22.8 Å². The van der Waals surface area contributed by atoms with Gasteiger partial charge in [-0.3, -0.25) is 9.59 Å². The maximum atomic E-state index is 12.5. The van der Waals surface area contributed by atoms with Crippen molar-refractivity contribution in [3.63, 3.8) is 0 Å². The van der Waals surface area contributed by atoms with Gasteiger partial charge in [0.1, 0.15) is 17.6 Å². The summed E-state index contributed by atoms with van der Waals surface area (Å²) in [6.07, 6.45) is -0.308. The number of alkyl halides is 3. The average Bonchev–Trinajstić information content (AvgIpc) is 3.22. The lowest BCUT2D eigenvalue weighted by atomic mass is 10.2. The van der Waals surface area contributed by atoms with Gasteiger partial charge in [-0.25, -0.2) is 0 Å². The van der Waals surface area contributed by atoms with E-state index in [0.29, 0.717) is 12.2 Å². The van der Waals surface area contributed by atoms with Gasteiger partial charge in [0.2, 0.25) is 11.8 Å². The van der Waals surface area contributed by atoms with E-state index in [1.165, 1.54) is 35.4 Å². The molecule has 2 aromatic rings. The molecule has 1 saturated heterocycles. The van der Waals surface area contributed by atoms with Crippen molar-refractivity contribution < 1.29 is 31.9 Å². The lowest BCUT2D eigenvalue weighted by Gasteiger charge is -2.18. The second-order valence-electron chi connectivity index (χ2n) is 5.73. The summed E-state index contributed by atoms with van der Waals surface area (Å²) in [7, 11) is 0. The van der Waals surface area contributed by atoms with E-state index in [-0.39, 0.29) is 12.2 Å². The van der Waals surface area contributed by atoms with Crippen molar-refractivity contribution in [1.82, 2.24) is 5.32 Å². The largest absolute Gasteiger partial charge is 0.573 e. The predicted octanol–water partition coefficient (Wildman–Crippen LogP) is 3.11. The van der Waals surface area contributed by atoms with E-state index < -0.39 is 30.0 Å². The fourth-order valence-electron chi connectivity index (χ4n) is 2.68. The van der Waals surface area contributed by atoms with Gasteiger partial charge in [0.05, 0.1) is 6.26 Å². The zero-order chi connectivity index (χ0) is 19.4. The van der Waals surface area contributed by atoms with Crippen LogP contribution in [0.25, 0.3) is 6.08 Å². The van der Waals surface area contributed by atoms with Crippen LogP contribution in [0.5, 0.6) is 5.75 Å². The molecule has 0 saturated carbocycles. The molecule has 1 aromatic heterocycles. The minimum absolute atomic E-state index is 0.265. The Morgan fingerprint density at radius 3 is 2.81 bits per heavy atom. The SMILES string of the molecule is O=C(/C=C/c1ccco1)N[C@@H]1CCN(c2cccc(OC(F)(F)F)c2)C1=O. The van der Waals surface area contributed by atoms with Crippen molar-refractivity contribution in [3.8, 4) is 5.75 Å². The number of halogens is 3. The Morgan fingerprint density at radius 1 is 1.30 bits per heavy atom. The molecule has 9 heteroatoms. The van der Waals surface area contributed by atoms with Gasteiger partial charge in [0.15, 0.2) is 0 Å². The molecule has 27 heavy (non-hydrogen) atoms. The summed E-state index contributed by atoms with van der Waals surface area (Å²) >= 11 is 0. The first-order valence-corrected chi connectivity index (χ1v) is 8.01. The van der Waals surface area contributed by atoms with E-state index in [4.69, 9.17) is 4.42 Å². The van der Waals surface area contributed by atoms with E-state index in [1.54, 1.807) is 12.1 Å². The van der Waals surface area contributed by atoms with Crippen LogP contribution >= 0.6 is 0 Å². The Bertz CT molecular complexity index is 847. The number of hydrogen-bond acceptors (Lipinski definition) is 4. The van der Waals surface area contributed by atoms with Gasteiger partial charge in [-0.1, -0.05) is 6.07 Å². The molecule has 1 atom stereocenters. The van der Waals surface area contributed by atoms with Gasteiger partial charge in [-0.15, -0.1) is 13.2 Å². The maximum Gasteiger partial charge on any atom is 0.573 e. The number of rotatable bonds is 5. The van der Waals surface area contributed by atoms with Crippen molar-refractivity contribution in [2.45, 2.75) is 18.8 Å². The first-order valence-electron chi connectivity index (χ1n) is 8.01. The molecule has 2 heterocycles. The van der Waals surface area contributed by atoms with Crippen LogP contribution in [0.3, 0.4) is 0 Å². The highest BCUT2D eigenvalue weighted by Gasteiger charge is 2.34. The summed E-state index contributed by atoms with van der Waals surface area (Å²) in [5.41, 5.74) is 0.268.